The highest BCUT2D eigenvalue weighted by atomic mass is 32.2. The van der Waals surface area contributed by atoms with Crippen LogP contribution in [0.4, 0.5) is 15.8 Å². The van der Waals surface area contributed by atoms with Crippen LogP contribution in [0.5, 0.6) is 0 Å². The van der Waals surface area contributed by atoms with Crippen molar-refractivity contribution in [1.82, 2.24) is 0 Å². The van der Waals surface area contributed by atoms with Crippen LogP contribution in [0.15, 0.2) is 47.4 Å². The van der Waals surface area contributed by atoms with E-state index in [1.54, 1.807) is 12.1 Å². The topological polar surface area (TPSA) is 98.2 Å². The fourth-order valence-corrected chi connectivity index (χ4v) is 2.37. The maximum absolute atomic E-state index is 13.8. The first-order valence-electron chi connectivity index (χ1n) is 6.27. The third-order valence-electron chi connectivity index (χ3n) is 2.98. The predicted octanol–water partition coefficient (Wildman–Crippen LogP) is 1.71. The first-order chi connectivity index (χ1) is 9.86. The van der Waals surface area contributed by atoms with Crippen molar-refractivity contribution >= 4 is 21.4 Å². The number of primary sulfonamides is 1. The van der Waals surface area contributed by atoms with E-state index in [1.165, 1.54) is 12.1 Å². The first kappa shape index (κ1) is 15.3. The fourth-order valence-electron chi connectivity index (χ4n) is 1.84. The van der Waals surface area contributed by atoms with Crippen molar-refractivity contribution in [2.24, 2.45) is 5.14 Å². The van der Waals surface area contributed by atoms with Gasteiger partial charge in [-0.05, 0) is 42.3 Å². The molecule has 0 saturated heterocycles. The summed E-state index contributed by atoms with van der Waals surface area (Å²) < 4.78 is 36.0. The van der Waals surface area contributed by atoms with Crippen LogP contribution in [-0.4, -0.2) is 15.0 Å². The van der Waals surface area contributed by atoms with Crippen molar-refractivity contribution < 1.29 is 12.8 Å². The summed E-state index contributed by atoms with van der Waals surface area (Å²) in [7, 11) is -3.89. The van der Waals surface area contributed by atoms with E-state index in [0.29, 0.717) is 18.7 Å². The van der Waals surface area contributed by atoms with E-state index in [-0.39, 0.29) is 10.6 Å². The molecule has 2 aromatic carbocycles. The molecule has 2 rings (SSSR count). The lowest BCUT2D eigenvalue weighted by Gasteiger charge is -2.09. The molecule has 7 heteroatoms. The molecule has 0 fully saturated rings. The Morgan fingerprint density at radius 2 is 1.76 bits per heavy atom. The van der Waals surface area contributed by atoms with Gasteiger partial charge in [-0.25, -0.2) is 17.9 Å². The SMILES string of the molecule is Nc1ccc(CCNc2ccc(S(N)(=O)=O)cc2F)cc1. The molecule has 0 aliphatic carbocycles. The highest BCUT2D eigenvalue weighted by molar-refractivity contribution is 7.89. The second-order valence-corrected chi connectivity index (χ2v) is 6.17. The van der Waals surface area contributed by atoms with Crippen LogP contribution < -0.4 is 16.2 Å². The summed E-state index contributed by atoms with van der Waals surface area (Å²) >= 11 is 0. The number of nitrogen functional groups attached to an aromatic ring is 1. The zero-order chi connectivity index (χ0) is 15.5. The van der Waals surface area contributed by atoms with E-state index in [4.69, 9.17) is 10.9 Å². The van der Waals surface area contributed by atoms with Crippen molar-refractivity contribution in [3.63, 3.8) is 0 Å². The van der Waals surface area contributed by atoms with Crippen molar-refractivity contribution in [3.8, 4) is 0 Å². The van der Waals surface area contributed by atoms with Crippen molar-refractivity contribution in [2.45, 2.75) is 11.3 Å². The van der Waals surface area contributed by atoms with Crippen LogP contribution in [0.1, 0.15) is 5.56 Å². The zero-order valence-corrected chi connectivity index (χ0v) is 12.0. The largest absolute Gasteiger partial charge is 0.399 e. The van der Waals surface area contributed by atoms with Crippen LogP contribution in [-0.2, 0) is 16.4 Å². The zero-order valence-electron chi connectivity index (χ0n) is 11.2. The molecule has 0 heterocycles. The van der Waals surface area contributed by atoms with E-state index in [9.17, 15) is 12.8 Å². The number of anilines is 2. The Morgan fingerprint density at radius 1 is 1.10 bits per heavy atom. The summed E-state index contributed by atoms with van der Waals surface area (Å²) in [6.45, 7) is 0.509. The van der Waals surface area contributed by atoms with Gasteiger partial charge in [0.05, 0.1) is 10.6 Å². The smallest absolute Gasteiger partial charge is 0.238 e. The van der Waals surface area contributed by atoms with Gasteiger partial charge in [0, 0.05) is 12.2 Å². The number of hydrogen-bond acceptors (Lipinski definition) is 4. The molecule has 0 aliphatic rings. The molecule has 0 saturated carbocycles. The van der Waals surface area contributed by atoms with Gasteiger partial charge in [0.15, 0.2) is 0 Å². The van der Waals surface area contributed by atoms with Gasteiger partial charge in [-0.2, -0.15) is 0 Å². The normalized spacial score (nSPS) is 11.3. The summed E-state index contributed by atoms with van der Waals surface area (Å²) in [5.74, 6) is -0.654. The Bertz CT molecular complexity index is 730. The predicted molar refractivity (Wildman–Crippen MR) is 80.8 cm³/mol. The van der Waals surface area contributed by atoms with Crippen molar-refractivity contribution in [2.75, 3.05) is 17.6 Å². The van der Waals surface area contributed by atoms with Gasteiger partial charge in [-0.3, -0.25) is 0 Å². The third kappa shape index (κ3) is 4.17. The standard InChI is InChI=1S/C14H16FN3O2S/c15-13-9-12(21(17,19)20)5-6-14(13)18-8-7-10-1-3-11(16)4-2-10/h1-6,9,18H,7-8,16H2,(H2,17,19,20). The molecular formula is C14H16FN3O2S. The molecule has 0 bridgehead atoms. The summed E-state index contributed by atoms with van der Waals surface area (Å²) in [5.41, 5.74) is 7.58. The van der Waals surface area contributed by atoms with E-state index >= 15 is 0 Å². The molecule has 0 radical (unpaired) electrons. The Hall–Kier alpha value is -2.12. The first-order valence-corrected chi connectivity index (χ1v) is 7.81. The van der Waals surface area contributed by atoms with Gasteiger partial charge in [-0.1, -0.05) is 12.1 Å². The molecule has 0 unspecified atom stereocenters. The van der Waals surface area contributed by atoms with E-state index in [1.807, 2.05) is 12.1 Å². The van der Waals surface area contributed by atoms with Gasteiger partial charge in [0.2, 0.25) is 10.0 Å². The number of sulfonamides is 1. The summed E-state index contributed by atoms with van der Waals surface area (Å²) in [6, 6.07) is 10.9. The van der Waals surface area contributed by atoms with Crippen LogP contribution in [0, 0.1) is 5.82 Å². The molecule has 0 amide bonds. The number of nitrogens with one attached hydrogen (secondary N) is 1. The number of rotatable bonds is 5. The van der Waals surface area contributed by atoms with Gasteiger partial charge >= 0.3 is 0 Å². The highest BCUT2D eigenvalue weighted by Gasteiger charge is 2.11. The highest BCUT2D eigenvalue weighted by Crippen LogP contribution is 2.18. The monoisotopic (exact) mass is 309 g/mol. The Labute approximate surface area is 122 Å². The number of halogens is 1. The Balaban J connectivity index is 1.99. The molecule has 5 N–H and O–H groups in total. The van der Waals surface area contributed by atoms with E-state index in [0.717, 1.165) is 11.6 Å². The van der Waals surface area contributed by atoms with Crippen molar-refractivity contribution in [3.05, 3.63) is 53.8 Å². The molecule has 0 atom stereocenters. The minimum absolute atomic E-state index is 0.234. The Morgan fingerprint density at radius 3 is 2.33 bits per heavy atom. The van der Waals surface area contributed by atoms with Crippen LogP contribution >= 0.6 is 0 Å². The average molecular weight is 309 g/mol. The second-order valence-electron chi connectivity index (χ2n) is 4.61. The minimum Gasteiger partial charge on any atom is -0.399 e. The molecule has 5 nitrogen and oxygen atoms in total. The number of nitrogens with two attached hydrogens (primary N) is 2. The second kappa shape index (κ2) is 6.11. The van der Waals surface area contributed by atoms with E-state index in [2.05, 4.69) is 5.32 Å². The molecule has 21 heavy (non-hydrogen) atoms. The third-order valence-corrected chi connectivity index (χ3v) is 3.89. The lowest BCUT2D eigenvalue weighted by atomic mass is 10.1. The minimum atomic E-state index is -3.89. The summed E-state index contributed by atoms with van der Waals surface area (Å²) in [4.78, 5) is -0.246. The van der Waals surface area contributed by atoms with Crippen LogP contribution in [0.2, 0.25) is 0 Å². The van der Waals surface area contributed by atoms with Gasteiger partial charge < -0.3 is 11.1 Å². The van der Waals surface area contributed by atoms with Crippen LogP contribution in [0.25, 0.3) is 0 Å². The molecule has 0 aromatic heterocycles. The molecule has 0 spiro atoms. The van der Waals surface area contributed by atoms with Gasteiger partial charge in [0.25, 0.3) is 0 Å². The van der Waals surface area contributed by atoms with Gasteiger partial charge in [-0.15, -0.1) is 0 Å². The maximum Gasteiger partial charge on any atom is 0.238 e. The van der Waals surface area contributed by atoms with Crippen LogP contribution in [0.3, 0.4) is 0 Å². The number of benzene rings is 2. The average Bonchev–Trinajstić information content (AvgIpc) is 2.41. The molecule has 2 aromatic rings. The summed E-state index contributed by atoms with van der Waals surface area (Å²) in [6.07, 6.45) is 0.691. The Kier molecular flexibility index (Phi) is 4.44. The van der Waals surface area contributed by atoms with Crippen molar-refractivity contribution in [1.29, 1.82) is 0 Å². The van der Waals surface area contributed by atoms with Gasteiger partial charge in [0.1, 0.15) is 5.82 Å². The fraction of sp³-hybridized carbons (Fsp3) is 0.143. The lowest BCUT2D eigenvalue weighted by molar-refractivity contribution is 0.593. The molecule has 112 valence electrons. The maximum atomic E-state index is 13.8. The molecular weight excluding hydrogens is 293 g/mol. The van der Waals surface area contributed by atoms with E-state index < -0.39 is 15.8 Å². The summed E-state index contributed by atoms with van der Waals surface area (Å²) in [5, 5.41) is 7.85. The molecule has 0 aliphatic heterocycles. The lowest BCUT2D eigenvalue weighted by Crippen LogP contribution is -2.13. The number of hydrogen-bond donors (Lipinski definition) is 3. The quantitative estimate of drug-likeness (QED) is 0.732.